The second-order valence-electron chi connectivity index (χ2n) is 6.88. The number of aryl methyl sites for hydroxylation is 1. The third kappa shape index (κ3) is 2.85. The van der Waals surface area contributed by atoms with Crippen molar-refractivity contribution in [3.8, 4) is 0 Å². The second-order valence-corrected chi connectivity index (χ2v) is 6.88. The van der Waals surface area contributed by atoms with E-state index in [4.69, 9.17) is 9.84 Å². The molecule has 1 aliphatic rings. The van der Waals surface area contributed by atoms with Crippen LogP contribution >= 0.6 is 0 Å². The Morgan fingerprint density at radius 2 is 1.95 bits per heavy atom. The lowest BCUT2D eigenvalue weighted by atomic mass is 9.71. The van der Waals surface area contributed by atoms with Crippen molar-refractivity contribution >= 4 is 0 Å². The normalized spacial score (nSPS) is 18.2. The molecule has 2 rings (SSSR count). The molecule has 0 aromatic heterocycles. The van der Waals surface area contributed by atoms with Crippen molar-refractivity contribution in [3.63, 3.8) is 0 Å². The lowest BCUT2D eigenvalue weighted by Gasteiger charge is -2.43. The van der Waals surface area contributed by atoms with Gasteiger partial charge in [0.15, 0.2) is 0 Å². The molecule has 106 valence electrons. The molecule has 0 unspecified atom stereocenters. The molecule has 0 spiro atoms. The van der Waals surface area contributed by atoms with Crippen LogP contribution in [0.25, 0.3) is 0 Å². The summed E-state index contributed by atoms with van der Waals surface area (Å²) in [7, 11) is 0. The van der Waals surface area contributed by atoms with Crippen LogP contribution in [0.4, 0.5) is 0 Å². The molecule has 1 aromatic carbocycles. The van der Waals surface area contributed by atoms with E-state index in [-0.39, 0.29) is 17.4 Å². The van der Waals surface area contributed by atoms with Gasteiger partial charge in [-0.2, -0.15) is 0 Å². The SMILES string of the molecule is Cc1ccc(C(C)(C)C)cc1C1(CCCO)COC1. The number of hydrogen-bond acceptors (Lipinski definition) is 2. The first-order valence-corrected chi connectivity index (χ1v) is 7.19. The van der Waals surface area contributed by atoms with Crippen molar-refractivity contribution in [1.29, 1.82) is 0 Å². The number of ether oxygens (including phenoxy) is 1. The summed E-state index contributed by atoms with van der Waals surface area (Å²) >= 11 is 0. The van der Waals surface area contributed by atoms with E-state index in [9.17, 15) is 0 Å². The predicted octanol–water partition coefficient (Wildman–Crippen LogP) is 3.33. The van der Waals surface area contributed by atoms with Crippen molar-refractivity contribution < 1.29 is 9.84 Å². The van der Waals surface area contributed by atoms with Crippen LogP contribution in [-0.2, 0) is 15.6 Å². The van der Waals surface area contributed by atoms with Gasteiger partial charge in [0, 0.05) is 12.0 Å². The number of rotatable bonds is 4. The van der Waals surface area contributed by atoms with Crippen molar-refractivity contribution in [2.45, 2.75) is 51.4 Å². The molecule has 0 bridgehead atoms. The van der Waals surface area contributed by atoms with E-state index in [1.807, 2.05) is 0 Å². The zero-order valence-corrected chi connectivity index (χ0v) is 12.6. The Kier molecular flexibility index (Phi) is 4.03. The molecule has 1 saturated heterocycles. The van der Waals surface area contributed by atoms with Gasteiger partial charge in [-0.1, -0.05) is 39.0 Å². The monoisotopic (exact) mass is 262 g/mol. The predicted molar refractivity (Wildman–Crippen MR) is 78.7 cm³/mol. The van der Waals surface area contributed by atoms with Crippen molar-refractivity contribution in [3.05, 3.63) is 34.9 Å². The zero-order chi connectivity index (χ0) is 14.1. The van der Waals surface area contributed by atoms with E-state index in [0.29, 0.717) is 0 Å². The Labute approximate surface area is 116 Å². The van der Waals surface area contributed by atoms with Crippen LogP contribution in [0.5, 0.6) is 0 Å². The van der Waals surface area contributed by atoms with E-state index in [1.165, 1.54) is 16.7 Å². The number of aliphatic hydroxyl groups is 1. The molecule has 0 saturated carbocycles. The van der Waals surface area contributed by atoms with Crippen LogP contribution in [0.2, 0.25) is 0 Å². The molecule has 2 heteroatoms. The summed E-state index contributed by atoms with van der Waals surface area (Å²) in [6, 6.07) is 6.82. The first-order chi connectivity index (χ1) is 8.89. The fraction of sp³-hybridized carbons (Fsp3) is 0.647. The number of hydrogen-bond donors (Lipinski definition) is 1. The highest BCUT2D eigenvalue weighted by atomic mass is 16.5. The second kappa shape index (κ2) is 5.26. The summed E-state index contributed by atoms with van der Waals surface area (Å²) in [5.74, 6) is 0. The van der Waals surface area contributed by atoms with Gasteiger partial charge in [0.2, 0.25) is 0 Å². The van der Waals surface area contributed by atoms with Gasteiger partial charge < -0.3 is 9.84 Å². The standard InChI is InChI=1S/C17H26O2/c1-13-6-7-14(16(2,3)4)10-15(13)17(8-5-9-18)11-19-12-17/h6-7,10,18H,5,8-9,11-12H2,1-4H3. The molecule has 0 atom stereocenters. The molecule has 1 heterocycles. The van der Waals surface area contributed by atoms with Crippen LogP contribution in [0, 0.1) is 6.92 Å². The third-order valence-electron chi connectivity index (χ3n) is 4.25. The molecule has 1 aliphatic heterocycles. The molecule has 1 aromatic rings. The summed E-state index contributed by atoms with van der Waals surface area (Å²) in [6.45, 7) is 10.8. The van der Waals surface area contributed by atoms with E-state index in [0.717, 1.165) is 26.1 Å². The van der Waals surface area contributed by atoms with Crippen LogP contribution < -0.4 is 0 Å². The molecule has 0 radical (unpaired) electrons. The van der Waals surface area contributed by atoms with Gasteiger partial charge in [-0.05, 0) is 41.9 Å². The van der Waals surface area contributed by atoms with Crippen molar-refractivity contribution in [2.75, 3.05) is 19.8 Å². The summed E-state index contributed by atoms with van der Waals surface area (Å²) in [6.07, 6.45) is 1.86. The van der Waals surface area contributed by atoms with Crippen LogP contribution in [0.1, 0.15) is 50.3 Å². The van der Waals surface area contributed by atoms with Gasteiger partial charge in [-0.25, -0.2) is 0 Å². The largest absolute Gasteiger partial charge is 0.396 e. The molecule has 0 amide bonds. The van der Waals surface area contributed by atoms with Gasteiger partial charge in [0.05, 0.1) is 13.2 Å². The van der Waals surface area contributed by atoms with Crippen molar-refractivity contribution in [2.24, 2.45) is 0 Å². The van der Waals surface area contributed by atoms with Gasteiger partial charge in [0.1, 0.15) is 0 Å². The minimum atomic E-state index is 0.133. The van der Waals surface area contributed by atoms with Gasteiger partial charge in [-0.3, -0.25) is 0 Å². The molecular formula is C17H26O2. The number of aliphatic hydroxyl groups excluding tert-OH is 1. The summed E-state index contributed by atoms with van der Waals surface area (Å²) < 4.78 is 5.49. The smallest absolute Gasteiger partial charge is 0.0585 e. The Morgan fingerprint density at radius 3 is 2.42 bits per heavy atom. The van der Waals surface area contributed by atoms with E-state index in [2.05, 4.69) is 45.9 Å². The fourth-order valence-corrected chi connectivity index (χ4v) is 2.86. The highest BCUT2D eigenvalue weighted by Crippen LogP contribution is 2.40. The third-order valence-corrected chi connectivity index (χ3v) is 4.25. The topological polar surface area (TPSA) is 29.5 Å². The molecule has 2 nitrogen and oxygen atoms in total. The van der Waals surface area contributed by atoms with Gasteiger partial charge in [0.25, 0.3) is 0 Å². The average molecular weight is 262 g/mol. The molecule has 19 heavy (non-hydrogen) atoms. The van der Waals surface area contributed by atoms with Gasteiger partial charge in [-0.15, -0.1) is 0 Å². The summed E-state index contributed by atoms with van der Waals surface area (Å²) in [5.41, 5.74) is 4.44. The molecule has 1 fully saturated rings. The Hall–Kier alpha value is -0.860. The number of benzene rings is 1. The first-order valence-electron chi connectivity index (χ1n) is 7.19. The molecule has 1 N–H and O–H groups in total. The maximum absolute atomic E-state index is 9.11. The zero-order valence-electron chi connectivity index (χ0n) is 12.6. The summed E-state index contributed by atoms with van der Waals surface area (Å²) in [5, 5.41) is 9.11. The Bertz CT molecular complexity index is 439. The molecular weight excluding hydrogens is 236 g/mol. The lowest BCUT2D eigenvalue weighted by molar-refractivity contribution is -0.0668. The maximum atomic E-state index is 9.11. The minimum absolute atomic E-state index is 0.133. The highest BCUT2D eigenvalue weighted by molar-refractivity contribution is 5.40. The first kappa shape index (κ1) is 14.5. The summed E-state index contributed by atoms with van der Waals surface area (Å²) in [4.78, 5) is 0. The van der Waals surface area contributed by atoms with Crippen LogP contribution in [-0.4, -0.2) is 24.9 Å². The fourth-order valence-electron chi connectivity index (χ4n) is 2.86. The highest BCUT2D eigenvalue weighted by Gasteiger charge is 2.41. The quantitative estimate of drug-likeness (QED) is 0.902. The Morgan fingerprint density at radius 1 is 1.26 bits per heavy atom. The van der Waals surface area contributed by atoms with Crippen molar-refractivity contribution in [1.82, 2.24) is 0 Å². The van der Waals surface area contributed by atoms with E-state index < -0.39 is 0 Å². The van der Waals surface area contributed by atoms with Gasteiger partial charge >= 0.3 is 0 Å². The van der Waals surface area contributed by atoms with Crippen LogP contribution in [0.3, 0.4) is 0 Å². The van der Waals surface area contributed by atoms with E-state index in [1.54, 1.807) is 0 Å². The Balaban J connectivity index is 2.37. The molecule has 0 aliphatic carbocycles. The average Bonchev–Trinajstić information content (AvgIpc) is 2.28. The van der Waals surface area contributed by atoms with E-state index >= 15 is 0 Å². The van der Waals surface area contributed by atoms with Crippen LogP contribution in [0.15, 0.2) is 18.2 Å². The maximum Gasteiger partial charge on any atom is 0.0585 e. The minimum Gasteiger partial charge on any atom is -0.396 e. The lowest BCUT2D eigenvalue weighted by Crippen LogP contribution is -2.47.